The monoisotopic (exact) mass is 742 g/mol. The molecule has 286 valence electrons. The van der Waals surface area contributed by atoms with Gasteiger partial charge in [0, 0.05) is 17.7 Å². The summed E-state index contributed by atoms with van der Waals surface area (Å²) in [6, 6.07) is 7.23. The van der Waals surface area contributed by atoms with E-state index in [0.717, 1.165) is 12.1 Å². The minimum absolute atomic E-state index is 0.0996. The predicted molar refractivity (Wildman–Crippen MR) is 167 cm³/mol. The Kier molecular flexibility index (Phi) is 11.2. The van der Waals surface area contributed by atoms with Gasteiger partial charge in [-0.25, -0.2) is 0 Å². The molecule has 3 aliphatic heterocycles. The maximum atomic E-state index is 14.2. The number of aliphatic hydroxyl groups is 10. The highest BCUT2D eigenvalue weighted by Gasteiger charge is 2.52. The standard InChI is InChI=1S/C32H38O20/c33-7-15-19(38)23(42)26(45)31(49-15)52-29-24(43)20(39)16(8-34)50-32(29)51-28-22(41)18-13(37)5-12(46-30-25(44)21(40)17(9-35)48-30)6-14(18)47-27(28)10-1-3-11(36)4-2-10/h1-6,15-17,19-21,23-26,29-40,42-45H,7-9H2. The van der Waals surface area contributed by atoms with Crippen molar-refractivity contribution < 1.29 is 94.1 Å². The van der Waals surface area contributed by atoms with E-state index in [1.807, 2.05) is 0 Å². The van der Waals surface area contributed by atoms with Crippen LogP contribution in [0, 0.1) is 0 Å². The molecule has 14 atom stereocenters. The quantitative estimate of drug-likeness (QED) is 0.0934. The van der Waals surface area contributed by atoms with Crippen LogP contribution in [0.25, 0.3) is 22.3 Å². The number of aliphatic hydroxyl groups excluding tert-OH is 10. The highest BCUT2D eigenvalue weighted by Crippen LogP contribution is 2.39. The number of fused-ring (bicyclic) bond motifs is 1. The van der Waals surface area contributed by atoms with Crippen LogP contribution in [0.4, 0.5) is 0 Å². The minimum Gasteiger partial charge on any atom is -0.508 e. The Morgan fingerprint density at radius 3 is 1.77 bits per heavy atom. The Morgan fingerprint density at radius 1 is 0.615 bits per heavy atom. The summed E-state index contributed by atoms with van der Waals surface area (Å²) in [5.41, 5.74) is -1.27. The van der Waals surface area contributed by atoms with Gasteiger partial charge in [0.1, 0.15) is 89.3 Å². The first-order valence-electron chi connectivity index (χ1n) is 15.9. The Bertz CT molecular complexity index is 1750. The van der Waals surface area contributed by atoms with Gasteiger partial charge in [0.25, 0.3) is 0 Å². The van der Waals surface area contributed by atoms with Crippen LogP contribution in [0.1, 0.15) is 0 Å². The number of hydrogen-bond acceptors (Lipinski definition) is 20. The molecule has 6 rings (SSSR count). The van der Waals surface area contributed by atoms with Gasteiger partial charge in [0.2, 0.25) is 23.8 Å². The lowest BCUT2D eigenvalue weighted by atomic mass is 9.97. The molecule has 3 aromatic rings. The van der Waals surface area contributed by atoms with Crippen LogP contribution in [-0.2, 0) is 18.9 Å². The van der Waals surface area contributed by atoms with E-state index in [1.165, 1.54) is 24.3 Å². The average Bonchev–Trinajstić information content (AvgIpc) is 3.39. The van der Waals surface area contributed by atoms with E-state index in [-0.39, 0.29) is 28.4 Å². The van der Waals surface area contributed by atoms with Crippen molar-refractivity contribution in [2.45, 2.75) is 86.0 Å². The van der Waals surface area contributed by atoms with Crippen molar-refractivity contribution in [3.63, 3.8) is 0 Å². The van der Waals surface area contributed by atoms with Crippen LogP contribution in [0.3, 0.4) is 0 Å². The van der Waals surface area contributed by atoms with Gasteiger partial charge in [0.15, 0.2) is 18.2 Å². The second-order valence-corrected chi connectivity index (χ2v) is 12.4. The van der Waals surface area contributed by atoms with Crippen molar-refractivity contribution in [1.29, 1.82) is 0 Å². The van der Waals surface area contributed by atoms with Crippen molar-refractivity contribution in [3.8, 4) is 34.3 Å². The highest BCUT2D eigenvalue weighted by molar-refractivity contribution is 5.88. The lowest BCUT2D eigenvalue weighted by Gasteiger charge is -2.45. The fourth-order valence-electron chi connectivity index (χ4n) is 6.08. The molecule has 0 spiro atoms. The number of phenolic OH excluding ortho intramolecular Hbond substituents is 2. The second-order valence-electron chi connectivity index (χ2n) is 12.4. The van der Waals surface area contributed by atoms with Gasteiger partial charge in [-0.3, -0.25) is 4.79 Å². The van der Waals surface area contributed by atoms with Crippen molar-refractivity contribution >= 4 is 11.0 Å². The number of ether oxygens (including phenoxy) is 6. The zero-order valence-corrected chi connectivity index (χ0v) is 26.8. The summed E-state index contributed by atoms with van der Waals surface area (Å²) in [6.07, 6.45) is -23.9. The molecule has 4 heterocycles. The molecule has 3 aliphatic rings. The molecule has 0 saturated carbocycles. The third-order valence-electron chi connectivity index (χ3n) is 8.98. The first-order chi connectivity index (χ1) is 24.8. The molecule has 3 fully saturated rings. The third-order valence-corrected chi connectivity index (χ3v) is 8.98. The van der Waals surface area contributed by atoms with Crippen LogP contribution in [0.5, 0.6) is 23.0 Å². The van der Waals surface area contributed by atoms with Gasteiger partial charge < -0.3 is 94.1 Å². The highest BCUT2D eigenvalue weighted by atomic mass is 16.8. The smallest absolute Gasteiger partial charge is 0.239 e. The van der Waals surface area contributed by atoms with Gasteiger partial charge in [-0.05, 0) is 24.3 Å². The number of benzene rings is 2. The summed E-state index contributed by atoms with van der Waals surface area (Å²) < 4.78 is 39.6. The van der Waals surface area contributed by atoms with Gasteiger partial charge >= 0.3 is 0 Å². The predicted octanol–water partition coefficient (Wildman–Crippen LogP) is -4.31. The fraction of sp³-hybridized carbons (Fsp3) is 0.531. The lowest BCUT2D eigenvalue weighted by molar-refractivity contribution is -0.358. The lowest BCUT2D eigenvalue weighted by Crippen LogP contribution is -2.65. The van der Waals surface area contributed by atoms with Crippen molar-refractivity contribution in [1.82, 2.24) is 0 Å². The van der Waals surface area contributed by atoms with E-state index >= 15 is 0 Å². The molecule has 14 unspecified atom stereocenters. The third kappa shape index (κ3) is 7.02. The number of hydrogen-bond donors (Lipinski definition) is 12. The number of aromatic hydroxyl groups is 2. The second kappa shape index (κ2) is 15.3. The van der Waals surface area contributed by atoms with Crippen LogP contribution < -0.4 is 14.9 Å². The molecule has 20 nitrogen and oxygen atoms in total. The summed E-state index contributed by atoms with van der Waals surface area (Å²) in [5.74, 6) is -2.18. The first-order valence-corrected chi connectivity index (χ1v) is 15.9. The molecule has 0 amide bonds. The van der Waals surface area contributed by atoms with E-state index in [2.05, 4.69) is 0 Å². The first kappa shape index (κ1) is 38.0. The molecule has 0 radical (unpaired) electrons. The maximum Gasteiger partial charge on any atom is 0.239 e. The van der Waals surface area contributed by atoms with Gasteiger partial charge in [-0.1, -0.05) is 0 Å². The normalized spacial score (nSPS) is 36.6. The Balaban J connectivity index is 1.41. The Morgan fingerprint density at radius 2 is 1.15 bits per heavy atom. The molecular formula is C32H38O20. The average molecular weight is 743 g/mol. The molecule has 0 aliphatic carbocycles. The van der Waals surface area contributed by atoms with Crippen molar-refractivity contribution in [3.05, 3.63) is 46.6 Å². The van der Waals surface area contributed by atoms with Crippen LogP contribution >= 0.6 is 0 Å². The van der Waals surface area contributed by atoms with E-state index in [1.54, 1.807) is 0 Å². The van der Waals surface area contributed by atoms with Gasteiger partial charge in [0.05, 0.1) is 19.8 Å². The summed E-state index contributed by atoms with van der Waals surface area (Å²) in [5, 5.41) is 122. The van der Waals surface area contributed by atoms with E-state index in [4.69, 9.17) is 32.8 Å². The number of rotatable bonds is 10. The maximum absolute atomic E-state index is 14.2. The summed E-state index contributed by atoms with van der Waals surface area (Å²) in [4.78, 5) is 14.2. The van der Waals surface area contributed by atoms with E-state index < -0.39 is 128 Å². The largest absolute Gasteiger partial charge is 0.508 e. The molecule has 0 bridgehead atoms. The van der Waals surface area contributed by atoms with Crippen molar-refractivity contribution in [2.24, 2.45) is 0 Å². The zero-order chi connectivity index (χ0) is 37.6. The molecule has 1 aromatic heterocycles. The molecule has 52 heavy (non-hydrogen) atoms. The molecule has 2 aromatic carbocycles. The molecule has 20 heteroatoms. The Labute approximate surface area is 292 Å². The topological polar surface area (TPSA) is 328 Å². The summed E-state index contributed by atoms with van der Waals surface area (Å²) >= 11 is 0. The minimum atomic E-state index is -1.99. The van der Waals surface area contributed by atoms with Crippen LogP contribution in [0.2, 0.25) is 0 Å². The SMILES string of the molecule is O=c1c(OC2OC(CO)C(O)C(O)C2OC2OC(CO)C(O)C(O)C2O)c(-c2ccc(O)cc2)oc2cc(OC3OC(CO)C(O)C3O)cc(O)c12. The number of phenols is 2. The summed E-state index contributed by atoms with van der Waals surface area (Å²) in [6.45, 7) is -2.34. The Hall–Kier alpha value is -3.71. The summed E-state index contributed by atoms with van der Waals surface area (Å²) in [7, 11) is 0. The van der Waals surface area contributed by atoms with Gasteiger partial charge in [-0.2, -0.15) is 0 Å². The molecule has 12 N–H and O–H groups in total. The van der Waals surface area contributed by atoms with Crippen LogP contribution in [-0.4, -0.2) is 167 Å². The fourth-order valence-corrected chi connectivity index (χ4v) is 6.08. The van der Waals surface area contributed by atoms with E-state index in [9.17, 15) is 66.1 Å². The van der Waals surface area contributed by atoms with Crippen molar-refractivity contribution in [2.75, 3.05) is 19.8 Å². The van der Waals surface area contributed by atoms with Crippen LogP contribution in [0.15, 0.2) is 45.6 Å². The van der Waals surface area contributed by atoms with Gasteiger partial charge in [-0.15, -0.1) is 0 Å². The molecule has 3 saturated heterocycles. The zero-order valence-electron chi connectivity index (χ0n) is 26.8. The van der Waals surface area contributed by atoms with E-state index in [0.29, 0.717) is 0 Å². The molecular weight excluding hydrogens is 704 g/mol.